The van der Waals surface area contributed by atoms with Gasteiger partial charge in [-0.2, -0.15) is 10.2 Å². The number of halogens is 1. The summed E-state index contributed by atoms with van der Waals surface area (Å²) < 4.78 is 1.40. The van der Waals surface area contributed by atoms with E-state index in [0.29, 0.717) is 27.7 Å². The molecule has 0 spiro atoms. The van der Waals surface area contributed by atoms with E-state index in [1.54, 1.807) is 30.3 Å². The molecule has 2 heterocycles. The first-order valence-electron chi connectivity index (χ1n) is 8.18. The minimum Gasteiger partial charge on any atom is -0.326 e. The molecule has 0 atom stereocenters. The standard InChI is InChI=1S/C19H14ClN5O2/c20-13-7-4-8-14(9-13)21-18(26)11-17-22-23-19(27)16-10-15(24-25(16)17)12-5-2-1-3-6-12/h1-10H,11H2,(H,21,26)(H,23,27). The zero-order valence-corrected chi connectivity index (χ0v) is 14.8. The zero-order valence-electron chi connectivity index (χ0n) is 14.0. The number of hydrogen-bond acceptors (Lipinski definition) is 4. The molecule has 0 saturated carbocycles. The van der Waals surface area contributed by atoms with Crippen LogP contribution in [-0.4, -0.2) is 25.7 Å². The van der Waals surface area contributed by atoms with E-state index in [-0.39, 0.29) is 17.9 Å². The fourth-order valence-corrected chi connectivity index (χ4v) is 2.93. The Bertz CT molecular complexity index is 1180. The van der Waals surface area contributed by atoms with Gasteiger partial charge < -0.3 is 5.32 Å². The number of fused-ring (bicyclic) bond motifs is 1. The van der Waals surface area contributed by atoms with Crippen molar-refractivity contribution in [2.45, 2.75) is 6.42 Å². The fraction of sp³-hybridized carbons (Fsp3) is 0.0526. The summed E-state index contributed by atoms with van der Waals surface area (Å²) in [6.45, 7) is 0. The average Bonchev–Trinajstić information content (AvgIpc) is 3.11. The van der Waals surface area contributed by atoms with Crippen molar-refractivity contribution >= 4 is 28.7 Å². The van der Waals surface area contributed by atoms with Crippen LogP contribution in [0.1, 0.15) is 5.82 Å². The molecule has 0 fully saturated rings. The predicted octanol–water partition coefficient (Wildman–Crippen LogP) is 2.92. The van der Waals surface area contributed by atoms with Crippen LogP contribution in [0.3, 0.4) is 0 Å². The van der Waals surface area contributed by atoms with Gasteiger partial charge >= 0.3 is 0 Å². The normalized spacial score (nSPS) is 10.9. The van der Waals surface area contributed by atoms with Gasteiger partial charge in [0.05, 0.1) is 12.1 Å². The van der Waals surface area contributed by atoms with E-state index < -0.39 is 0 Å². The zero-order chi connectivity index (χ0) is 18.8. The summed E-state index contributed by atoms with van der Waals surface area (Å²) in [5.74, 6) is 0.0289. The van der Waals surface area contributed by atoms with Crippen LogP contribution < -0.4 is 10.9 Å². The number of aromatic amines is 1. The van der Waals surface area contributed by atoms with Gasteiger partial charge in [-0.1, -0.05) is 48.0 Å². The molecule has 134 valence electrons. The maximum Gasteiger partial charge on any atom is 0.290 e. The van der Waals surface area contributed by atoms with Gasteiger partial charge in [0.25, 0.3) is 5.56 Å². The van der Waals surface area contributed by atoms with Gasteiger partial charge in [0.2, 0.25) is 5.91 Å². The first-order valence-corrected chi connectivity index (χ1v) is 8.56. The molecule has 0 radical (unpaired) electrons. The van der Waals surface area contributed by atoms with Crippen LogP contribution in [0, 0.1) is 0 Å². The first kappa shape index (κ1) is 17.0. The van der Waals surface area contributed by atoms with E-state index in [1.165, 1.54) is 4.52 Å². The van der Waals surface area contributed by atoms with Crippen LogP contribution in [0.5, 0.6) is 0 Å². The number of carbonyl (C=O) groups excluding carboxylic acids is 1. The predicted molar refractivity (Wildman–Crippen MR) is 103 cm³/mol. The molecule has 8 heteroatoms. The third kappa shape index (κ3) is 3.58. The highest BCUT2D eigenvalue weighted by molar-refractivity contribution is 6.30. The average molecular weight is 380 g/mol. The Labute approximate surface area is 158 Å². The highest BCUT2D eigenvalue weighted by Gasteiger charge is 2.14. The van der Waals surface area contributed by atoms with Crippen LogP contribution in [0.15, 0.2) is 65.5 Å². The van der Waals surface area contributed by atoms with Crippen molar-refractivity contribution in [1.29, 1.82) is 0 Å². The van der Waals surface area contributed by atoms with E-state index in [2.05, 4.69) is 20.6 Å². The molecule has 7 nitrogen and oxygen atoms in total. The molecule has 4 rings (SSSR count). The highest BCUT2D eigenvalue weighted by Crippen LogP contribution is 2.19. The van der Waals surface area contributed by atoms with Gasteiger partial charge in [0.1, 0.15) is 5.52 Å². The minimum absolute atomic E-state index is 0.0598. The van der Waals surface area contributed by atoms with Crippen molar-refractivity contribution in [3.05, 3.63) is 81.9 Å². The Morgan fingerprint density at radius 3 is 2.70 bits per heavy atom. The van der Waals surface area contributed by atoms with Crippen LogP contribution in [0.2, 0.25) is 5.02 Å². The summed E-state index contributed by atoms with van der Waals surface area (Å²) >= 11 is 5.93. The third-order valence-corrected chi connectivity index (χ3v) is 4.20. The molecule has 1 amide bonds. The number of rotatable bonds is 4. The maximum atomic E-state index is 12.4. The number of hydrogen-bond donors (Lipinski definition) is 2. The number of nitrogens with zero attached hydrogens (tertiary/aromatic N) is 3. The molecule has 27 heavy (non-hydrogen) atoms. The second-order valence-electron chi connectivity index (χ2n) is 5.90. The van der Waals surface area contributed by atoms with Crippen molar-refractivity contribution in [2.75, 3.05) is 5.32 Å². The molecule has 2 N–H and O–H groups in total. The number of H-pyrrole nitrogens is 1. The molecule has 0 aliphatic carbocycles. The SMILES string of the molecule is O=C(Cc1n[nH]c(=O)c2cc(-c3ccccc3)nn12)Nc1cccc(Cl)c1. The van der Waals surface area contributed by atoms with E-state index >= 15 is 0 Å². The van der Waals surface area contributed by atoms with Gasteiger partial charge in [-0.05, 0) is 24.3 Å². The number of anilines is 1. The lowest BCUT2D eigenvalue weighted by atomic mass is 10.1. The summed E-state index contributed by atoms with van der Waals surface area (Å²) in [6.07, 6.45) is -0.0598. The maximum absolute atomic E-state index is 12.4. The lowest BCUT2D eigenvalue weighted by Crippen LogP contribution is -2.22. The molecule has 0 unspecified atom stereocenters. The summed E-state index contributed by atoms with van der Waals surface area (Å²) in [5, 5.41) is 14.1. The molecule has 0 aliphatic rings. The molecule has 0 aliphatic heterocycles. The molecule has 0 saturated heterocycles. The number of aromatic nitrogens is 4. The van der Waals surface area contributed by atoms with Crippen LogP contribution in [-0.2, 0) is 11.2 Å². The van der Waals surface area contributed by atoms with Gasteiger partial charge in [-0.15, -0.1) is 0 Å². The van der Waals surface area contributed by atoms with Crippen molar-refractivity contribution in [2.24, 2.45) is 0 Å². The van der Waals surface area contributed by atoms with Crippen molar-refractivity contribution in [3.8, 4) is 11.3 Å². The summed E-state index contributed by atoms with van der Waals surface area (Å²) in [5.41, 5.74) is 2.04. The second kappa shape index (κ2) is 7.05. The Morgan fingerprint density at radius 1 is 1.11 bits per heavy atom. The van der Waals surface area contributed by atoms with Crippen molar-refractivity contribution < 1.29 is 4.79 Å². The van der Waals surface area contributed by atoms with E-state index in [1.807, 2.05) is 30.3 Å². The number of nitrogens with one attached hydrogen (secondary N) is 2. The molecule has 2 aromatic heterocycles. The summed E-state index contributed by atoms with van der Waals surface area (Å²) in [7, 11) is 0. The van der Waals surface area contributed by atoms with Gasteiger partial charge in [-0.3, -0.25) is 9.59 Å². The van der Waals surface area contributed by atoms with Gasteiger partial charge in [-0.25, -0.2) is 9.61 Å². The highest BCUT2D eigenvalue weighted by atomic mass is 35.5. The molecule has 0 bridgehead atoms. The van der Waals surface area contributed by atoms with Crippen LogP contribution >= 0.6 is 11.6 Å². The number of benzene rings is 2. The van der Waals surface area contributed by atoms with E-state index in [9.17, 15) is 9.59 Å². The van der Waals surface area contributed by atoms with Crippen LogP contribution in [0.4, 0.5) is 5.69 Å². The number of amides is 1. The fourth-order valence-electron chi connectivity index (χ4n) is 2.74. The summed E-state index contributed by atoms with van der Waals surface area (Å²) in [4.78, 5) is 24.5. The first-order chi connectivity index (χ1) is 13.1. The Kier molecular flexibility index (Phi) is 4.43. The third-order valence-electron chi connectivity index (χ3n) is 3.97. The Hall–Kier alpha value is -3.45. The topological polar surface area (TPSA) is 92.2 Å². The lowest BCUT2D eigenvalue weighted by Gasteiger charge is -2.06. The second-order valence-corrected chi connectivity index (χ2v) is 6.33. The monoisotopic (exact) mass is 379 g/mol. The van der Waals surface area contributed by atoms with E-state index in [4.69, 9.17) is 11.6 Å². The largest absolute Gasteiger partial charge is 0.326 e. The van der Waals surface area contributed by atoms with Gasteiger partial charge in [0, 0.05) is 16.3 Å². The van der Waals surface area contributed by atoms with Crippen LogP contribution in [0.25, 0.3) is 16.8 Å². The number of carbonyl (C=O) groups is 1. The Balaban J connectivity index is 1.65. The molecular formula is C19H14ClN5O2. The van der Waals surface area contributed by atoms with Gasteiger partial charge in [0.15, 0.2) is 5.82 Å². The van der Waals surface area contributed by atoms with Crippen molar-refractivity contribution in [1.82, 2.24) is 19.8 Å². The Morgan fingerprint density at radius 2 is 1.93 bits per heavy atom. The quantitative estimate of drug-likeness (QED) is 0.570. The molecule has 4 aromatic rings. The van der Waals surface area contributed by atoms with E-state index in [0.717, 1.165) is 5.56 Å². The minimum atomic E-state index is -0.372. The molecule has 2 aromatic carbocycles. The molecular weight excluding hydrogens is 366 g/mol. The lowest BCUT2D eigenvalue weighted by molar-refractivity contribution is -0.115. The smallest absolute Gasteiger partial charge is 0.290 e. The van der Waals surface area contributed by atoms with Crippen molar-refractivity contribution in [3.63, 3.8) is 0 Å². The summed E-state index contributed by atoms with van der Waals surface area (Å²) in [6, 6.07) is 18.0.